The number of carbonyl (C=O) groups is 1. The molecule has 0 bridgehead atoms. The number of allylic oxidation sites excluding steroid dienone is 2. The number of hydrogen-bond donors (Lipinski definition) is 1. The average Bonchev–Trinajstić information content (AvgIpc) is 3.14. The van der Waals surface area contributed by atoms with Crippen LogP contribution in [0.2, 0.25) is 5.02 Å². The molecule has 0 saturated carbocycles. The van der Waals surface area contributed by atoms with Crippen molar-refractivity contribution in [3.8, 4) is 0 Å². The zero-order valence-corrected chi connectivity index (χ0v) is 18.9. The Morgan fingerprint density at radius 3 is 2.84 bits per heavy atom. The van der Waals surface area contributed by atoms with Crippen LogP contribution < -0.4 is 5.32 Å². The number of ketones is 1. The van der Waals surface area contributed by atoms with Crippen molar-refractivity contribution in [1.82, 2.24) is 19.7 Å². The third kappa shape index (κ3) is 3.88. The van der Waals surface area contributed by atoms with E-state index in [0.29, 0.717) is 23.3 Å². The molecule has 0 fully saturated rings. The normalized spacial score (nSPS) is 19.6. The molecule has 3 heterocycles. The Kier molecular flexibility index (Phi) is 5.10. The van der Waals surface area contributed by atoms with Crippen LogP contribution in [-0.2, 0) is 10.5 Å². The van der Waals surface area contributed by atoms with Crippen molar-refractivity contribution in [3.05, 3.63) is 76.2 Å². The number of halogens is 1. The monoisotopic (exact) mass is 451 g/mol. The second kappa shape index (κ2) is 7.80. The van der Waals surface area contributed by atoms with E-state index < -0.39 is 0 Å². The van der Waals surface area contributed by atoms with Gasteiger partial charge in [0.25, 0.3) is 0 Å². The first-order chi connectivity index (χ1) is 14.9. The third-order valence-corrected chi connectivity index (χ3v) is 6.88. The van der Waals surface area contributed by atoms with E-state index in [-0.39, 0.29) is 17.2 Å². The Labute approximate surface area is 190 Å². The lowest BCUT2D eigenvalue weighted by Gasteiger charge is -2.38. The lowest BCUT2D eigenvalue weighted by atomic mass is 9.73. The Morgan fingerprint density at radius 1 is 1.23 bits per heavy atom. The van der Waals surface area contributed by atoms with Crippen molar-refractivity contribution >= 4 is 35.1 Å². The maximum absolute atomic E-state index is 13.2. The molecule has 2 aromatic heterocycles. The fraction of sp³-hybridized carbons (Fsp3) is 0.304. The molecule has 0 unspecified atom stereocenters. The fourth-order valence-corrected chi connectivity index (χ4v) is 5.37. The SMILES string of the molecule is CC1(C)CC(=O)C2=C(C1)Nc1nc(SCc3ccccc3Cl)nn1[C@@H]2c1cccnc1. The molecule has 1 atom stereocenters. The van der Waals surface area contributed by atoms with Crippen molar-refractivity contribution in [2.45, 2.75) is 43.6 Å². The van der Waals surface area contributed by atoms with Gasteiger partial charge in [-0.1, -0.05) is 61.5 Å². The van der Waals surface area contributed by atoms with Crippen LogP contribution in [0.5, 0.6) is 0 Å². The van der Waals surface area contributed by atoms with Crippen LogP contribution in [0, 0.1) is 5.41 Å². The van der Waals surface area contributed by atoms with Gasteiger partial charge >= 0.3 is 0 Å². The van der Waals surface area contributed by atoms with E-state index in [1.54, 1.807) is 12.4 Å². The van der Waals surface area contributed by atoms with E-state index in [9.17, 15) is 4.79 Å². The molecule has 2 aliphatic rings. The van der Waals surface area contributed by atoms with Crippen molar-refractivity contribution < 1.29 is 4.79 Å². The number of thioether (sulfide) groups is 1. The van der Waals surface area contributed by atoms with Crippen LogP contribution in [0.25, 0.3) is 0 Å². The fourth-order valence-electron chi connectivity index (χ4n) is 4.25. The molecule has 0 radical (unpaired) electrons. The number of aromatic nitrogens is 4. The number of anilines is 1. The molecule has 0 spiro atoms. The number of hydrogen-bond acceptors (Lipinski definition) is 6. The summed E-state index contributed by atoms with van der Waals surface area (Å²) >= 11 is 7.82. The Balaban J connectivity index is 1.52. The highest BCUT2D eigenvalue weighted by molar-refractivity contribution is 7.98. The van der Waals surface area contributed by atoms with E-state index in [1.807, 2.05) is 41.1 Å². The number of rotatable bonds is 4. The molecule has 3 aromatic rings. The molecule has 31 heavy (non-hydrogen) atoms. The van der Waals surface area contributed by atoms with E-state index in [2.05, 4.69) is 24.1 Å². The average molecular weight is 452 g/mol. The van der Waals surface area contributed by atoms with Crippen molar-refractivity contribution in [2.24, 2.45) is 5.41 Å². The van der Waals surface area contributed by atoms with Crippen LogP contribution in [0.3, 0.4) is 0 Å². The third-order valence-electron chi connectivity index (χ3n) is 5.63. The van der Waals surface area contributed by atoms with Gasteiger partial charge in [0.1, 0.15) is 6.04 Å². The Bertz CT molecular complexity index is 1190. The van der Waals surface area contributed by atoms with Gasteiger partial charge in [0.2, 0.25) is 11.1 Å². The highest BCUT2D eigenvalue weighted by atomic mass is 35.5. The summed E-state index contributed by atoms with van der Waals surface area (Å²) in [5, 5.41) is 9.54. The van der Waals surface area contributed by atoms with E-state index in [4.69, 9.17) is 21.7 Å². The van der Waals surface area contributed by atoms with Gasteiger partial charge in [-0.2, -0.15) is 4.98 Å². The number of carbonyl (C=O) groups excluding carboxylic acids is 1. The molecule has 1 N–H and O–H groups in total. The number of benzene rings is 1. The van der Waals surface area contributed by atoms with Gasteiger partial charge in [0.15, 0.2) is 5.78 Å². The van der Waals surface area contributed by atoms with Crippen molar-refractivity contribution in [2.75, 3.05) is 5.32 Å². The highest BCUT2D eigenvalue weighted by Crippen LogP contribution is 2.45. The molecular formula is C23H22ClN5OS. The summed E-state index contributed by atoms with van der Waals surface area (Å²) in [5.41, 5.74) is 3.59. The Morgan fingerprint density at radius 2 is 2.06 bits per heavy atom. The van der Waals surface area contributed by atoms with Crippen molar-refractivity contribution in [1.29, 1.82) is 0 Å². The molecule has 158 valence electrons. The predicted octanol–water partition coefficient (Wildman–Crippen LogP) is 5.28. The lowest BCUT2D eigenvalue weighted by molar-refractivity contribution is -0.118. The molecule has 1 aliphatic heterocycles. The summed E-state index contributed by atoms with van der Waals surface area (Å²) in [4.78, 5) is 22.2. The summed E-state index contributed by atoms with van der Waals surface area (Å²) in [7, 11) is 0. The quantitative estimate of drug-likeness (QED) is 0.544. The highest BCUT2D eigenvalue weighted by Gasteiger charge is 2.41. The van der Waals surface area contributed by atoms with Crippen LogP contribution in [-0.4, -0.2) is 25.5 Å². The number of fused-ring (bicyclic) bond motifs is 1. The molecule has 8 heteroatoms. The van der Waals surface area contributed by atoms with Gasteiger partial charge in [-0.15, -0.1) is 5.10 Å². The zero-order chi connectivity index (χ0) is 21.6. The molecule has 5 rings (SSSR count). The maximum atomic E-state index is 13.2. The summed E-state index contributed by atoms with van der Waals surface area (Å²) in [6, 6.07) is 11.3. The summed E-state index contributed by atoms with van der Waals surface area (Å²) in [6.45, 7) is 4.25. The molecule has 1 aliphatic carbocycles. The topological polar surface area (TPSA) is 72.7 Å². The first-order valence-electron chi connectivity index (χ1n) is 10.2. The van der Waals surface area contributed by atoms with E-state index in [1.165, 1.54) is 11.8 Å². The van der Waals surface area contributed by atoms with Crippen LogP contribution >= 0.6 is 23.4 Å². The largest absolute Gasteiger partial charge is 0.328 e. The Hall–Kier alpha value is -2.64. The molecular weight excluding hydrogens is 430 g/mol. The second-order valence-electron chi connectivity index (χ2n) is 8.69. The minimum absolute atomic E-state index is 0.0910. The second-order valence-corrected chi connectivity index (χ2v) is 10.0. The van der Waals surface area contributed by atoms with Gasteiger partial charge in [0.05, 0.1) is 0 Å². The lowest BCUT2D eigenvalue weighted by Crippen LogP contribution is -2.36. The maximum Gasteiger partial charge on any atom is 0.227 e. The van der Waals surface area contributed by atoms with E-state index in [0.717, 1.165) is 33.8 Å². The van der Waals surface area contributed by atoms with Crippen molar-refractivity contribution in [3.63, 3.8) is 0 Å². The zero-order valence-electron chi connectivity index (χ0n) is 17.3. The van der Waals surface area contributed by atoms with Gasteiger partial charge in [-0.25, -0.2) is 4.68 Å². The van der Waals surface area contributed by atoms with Gasteiger partial charge in [-0.3, -0.25) is 9.78 Å². The minimum atomic E-state index is -0.328. The first kappa shape index (κ1) is 20.3. The number of nitrogens with zero attached hydrogens (tertiary/aromatic N) is 4. The standard InChI is InChI=1S/C23H22ClN5OS/c1-23(2)10-17-19(18(30)11-23)20(14-7-5-9-25-12-14)29-21(26-17)27-22(28-29)31-13-15-6-3-4-8-16(15)24/h3-9,12,20H,10-11,13H2,1-2H3,(H,26,27,28)/t20-/m1/s1. The smallest absolute Gasteiger partial charge is 0.227 e. The molecule has 0 saturated heterocycles. The van der Waals surface area contributed by atoms with Gasteiger partial charge in [-0.05, 0) is 35.1 Å². The van der Waals surface area contributed by atoms with Crippen LogP contribution in [0.1, 0.15) is 43.9 Å². The van der Waals surface area contributed by atoms with Crippen LogP contribution in [0.4, 0.5) is 5.95 Å². The van der Waals surface area contributed by atoms with Crippen LogP contribution in [0.15, 0.2) is 65.2 Å². The summed E-state index contributed by atoms with van der Waals surface area (Å²) in [6.07, 6.45) is 4.84. The molecule has 0 amide bonds. The molecule has 6 nitrogen and oxygen atoms in total. The molecule has 1 aromatic carbocycles. The predicted molar refractivity (Wildman–Crippen MR) is 122 cm³/mol. The first-order valence-corrected chi connectivity index (χ1v) is 11.5. The number of pyridine rings is 1. The number of Topliss-reactive ketones (excluding diaryl/α,β-unsaturated/α-hetero) is 1. The summed E-state index contributed by atoms with van der Waals surface area (Å²) in [5.74, 6) is 1.47. The summed E-state index contributed by atoms with van der Waals surface area (Å²) < 4.78 is 1.82. The van der Waals surface area contributed by atoms with E-state index >= 15 is 0 Å². The minimum Gasteiger partial charge on any atom is -0.328 e. The van der Waals surface area contributed by atoms with Gasteiger partial charge in [0, 0.05) is 40.9 Å². The van der Waals surface area contributed by atoms with Gasteiger partial charge < -0.3 is 5.32 Å². The number of nitrogens with one attached hydrogen (secondary N) is 1.